The minimum atomic E-state index is -0.762. The molecule has 5 nitrogen and oxygen atoms in total. The van der Waals surface area contributed by atoms with Gasteiger partial charge in [-0.15, -0.1) is 0 Å². The van der Waals surface area contributed by atoms with E-state index in [0.717, 1.165) is 47.0 Å². The lowest BCUT2D eigenvalue weighted by Gasteiger charge is -2.23. The zero-order valence-electron chi connectivity index (χ0n) is 21.0. The molecule has 1 N–H and O–H groups in total. The van der Waals surface area contributed by atoms with E-state index in [1.165, 1.54) is 39.3 Å². The number of hydrogen-bond acceptors (Lipinski definition) is 5. The molecule has 1 saturated heterocycles. The third-order valence-corrected chi connectivity index (χ3v) is 8.50. The van der Waals surface area contributed by atoms with Crippen molar-refractivity contribution in [3.05, 3.63) is 99.6 Å². The SMILES string of the molecule is CCc1ccc2nc(N3C(=O)C(=O)/C(=C(/O)c4ccc5c(c4)CCCC5)C3c3cccc(C)c3)sc2c1. The summed E-state index contributed by atoms with van der Waals surface area (Å²) in [5.41, 5.74) is 6.94. The molecular weight excluding hydrogens is 480 g/mol. The molecule has 1 aliphatic carbocycles. The summed E-state index contributed by atoms with van der Waals surface area (Å²) in [6.45, 7) is 4.07. The highest BCUT2D eigenvalue weighted by Crippen LogP contribution is 2.44. The van der Waals surface area contributed by atoms with E-state index >= 15 is 0 Å². The molecule has 2 aliphatic rings. The number of benzene rings is 3. The highest BCUT2D eigenvalue weighted by Gasteiger charge is 2.48. The van der Waals surface area contributed by atoms with Crippen molar-refractivity contribution < 1.29 is 14.7 Å². The van der Waals surface area contributed by atoms with Gasteiger partial charge in [-0.1, -0.05) is 66.3 Å². The highest BCUT2D eigenvalue weighted by atomic mass is 32.1. The molecule has 0 spiro atoms. The number of rotatable bonds is 4. The minimum Gasteiger partial charge on any atom is -0.507 e. The number of thiazole rings is 1. The lowest BCUT2D eigenvalue weighted by Crippen LogP contribution is -2.29. The standard InChI is InChI=1S/C31H28N2O3S/c1-3-19-11-14-24-25(16-19)37-31(32-24)33-27(22-10-6-7-18(2)15-22)26(29(35)30(33)36)28(34)23-13-12-20-8-4-5-9-21(20)17-23/h6-7,10-17,27,34H,3-5,8-9H2,1-2H3/b28-26+. The second-order valence-corrected chi connectivity index (χ2v) is 10.9. The summed E-state index contributed by atoms with van der Waals surface area (Å²) >= 11 is 1.40. The van der Waals surface area contributed by atoms with Crippen molar-refractivity contribution in [2.75, 3.05) is 4.90 Å². The third-order valence-electron chi connectivity index (χ3n) is 7.48. The van der Waals surface area contributed by atoms with Gasteiger partial charge in [0, 0.05) is 5.56 Å². The fourth-order valence-corrected chi connectivity index (χ4v) is 6.56. The van der Waals surface area contributed by atoms with E-state index in [0.29, 0.717) is 10.7 Å². The van der Waals surface area contributed by atoms with Crippen molar-refractivity contribution in [3.8, 4) is 0 Å². The van der Waals surface area contributed by atoms with E-state index in [4.69, 9.17) is 4.98 Å². The van der Waals surface area contributed by atoms with E-state index in [9.17, 15) is 14.7 Å². The van der Waals surface area contributed by atoms with Crippen LogP contribution in [0.1, 0.15) is 59.2 Å². The fraction of sp³-hybridized carbons (Fsp3) is 0.258. The van der Waals surface area contributed by atoms with E-state index in [-0.39, 0.29) is 11.3 Å². The monoisotopic (exact) mass is 508 g/mol. The Kier molecular flexibility index (Phi) is 5.92. The molecule has 6 heteroatoms. The topological polar surface area (TPSA) is 70.5 Å². The second kappa shape index (κ2) is 9.27. The molecular formula is C31H28N2O3S. The Hall–Kier alpha value is -3.77. The Morgan fingerprint density at radius 2 is 1.84 bits per heavy atom. The number of aliphatic hydroxyl groups excluding tert-OH is 1. The number of hydrogen-bond donors (Lipinski definition) is 1. The van der Waals surface area contributed by atoms with Crippen molar-refractivity contribution in [2.24, 2.45) is 0 Å². The van der Waals surface area contributed by atoms with Crippen LogP contribution in [0.2, 0.25) is 0 Å². The maximum Gasteiger partial charge on any atom is 0.301 e. The predicted octanol–water partition coefficient (Wildman–Crippen LogP) is 6.67. The number of amides is 1. The number of aryl methyl sites for hydroxylation is 4. The van der Waals surface area contributed by atoms with Crippen LogP contribution in [0.25, 0.3) is 16.0 Å². The van der Waals surface area contributed by atoms with Gasteiger partial charge in [-0.3, -0.25) is 14.5 Å². The molecule has 3 aromatic carbocycles. The molecule has 1 aliphatic heterocycles. The minimum absolute atomic E-state index is 0.111. The lowest BCUT2D eigenvalue weighted by atomic mass is 9.88. The Morgan fingerprint density at radius 1 is 1.03 bits per heavy atom. The van der Waals surface area contributed by atoms with Gasteiger partial charge in [-0.2, -0.15) is 0 Å². The van der Waals surface area contributed by atoms with Gasteiger partial charge < -0.3 is 5.11 Å². The van der Waals surface area contributed by atoms with Gasteiger partial charge in [0.15, 0.2) is 5.13 Å². The zero-order valence-corrected chi connectivity index (χ0v) is 21.8. The van der Waals surface area contributed by atoms with Gasteiger partial charge in [0.1, 0.15) is 5.76 Å². The molecule has 1 atom stereocenters. The molecule has 0 bridgehead atoms. The summed E-state index contributed by atoms with van der Waals surface area (Å²) in [5, 5.41) is 12.0. The van der Waals surface area contributed by atoms with Crippen molar-refractivity contribution >= 4 is 44.1 Å². The van der Waals surface area contributed by atoms with Crippen LogP contribution >= 0.6 is 11.3 Å². The number of anilines is 1. The molecule has 1 aromatic heterocycles. The average Bonchev–Trinajstić information content (AvgIpc) is 3.45. The van der Waals surface area contributed by atoms with Crippen molar-refractivity contribution in [3.63, 3.8) is 0 Å². The number of aromatic nitrogens is 1. The van der Waals surface area contributed by atoms with Gasteiger partial charge in [-0.25, -0.2) is 4.98 Å². The van der Waals surface area contributed by atoms with E-state index in [1.807, 2.05) is 61.5 Å². The van der Waals surface area contributed by atoms with Crippen LogP contribution in [0.4, 0.5) is 5.13 Å². The highest BCUT2D eigenvalue weighted by molar-refractivity contribution is 7.22. The quantitative estimate of drug-likeness (QED) is 0.190. The van der Waals surface area contributed by atoms with Crippen LogP contribution in [0.15, 0.2) is 66.2 Å². The zero-order chi connectivity index (χ0) is 25.7. The third kappa shape index (κ3) is 4.05. The van der Waals surface area contributed by atoms with Crippen molar-refractivity contribution in [1.82, 2.24) is 4.98 Å². The van der Waals surface area contributed by atoms with Gasteiger partial charge in [0.05, 0.1) is 21.8 Å². The van der Waals surface area contributed by atoms with Crippen molar-refractivity contribution in [1.29, 1.82) is 0 Å². The first kappa shape index (κ1) is 23.6. The van der Waals surface area contributed by atoms with Crippen molar-refractivity contribution in [2.45, 2.75) is 52.0 Å². The number of ketones is 1. The molecule has 186 valence electrons. The molecule has 4 aromatic rings. The summed E-state index contributed by atoms with van der Waals surface area (Å²) in [6, 6.07) is 19.0. The maximum absolute atomic E-state index is 13.6. The predicted molar refractivity (Wildman–Crippen MR) is 148 cm³/mol. The second-order valence-electron chi connectivity index (χ2n) is 9.93. The number of carbonyl (C=O) groups excluding carboxylic acids is 2. The summed E-state index contributed by atoms with van der Waals surface area (Å²) in [5.74, 6) is -1.48. The lowest BCUT2D eigenvalue weighted by molar-refractivity contribution is -0.132. The molecule has 1 fully saturated rings. The van der Waals surface area contributed by atoms with E-state index in [2.05, 4.69) is 13.0 Å². The molecule has 1 amide bonds. The number of carbonyl (C=O) groups is 2. The molecule has 2 heterocycles. The average molecular weight is 509 g/mol. The van der Waals surface area contributed by atoms with E-state index in [1.54, 1.807) is 0 Å². The Balaban J connectivity index is 1.53. The maximum atomic E-state index is 13.6. The van der Waals surface area contributed by atoms with Crippen LogP contribution in [0, 0.1) is 6.92 Å². The molecule has 0 radical (unpaired) electrons. The number of fused-ring (bicyclic) bond motifs is 2. The Labute approximate surface area is 220 Å². The first-order valence-corrected chi connectivity index (χ1v) is 13.7. The Morgan fingerprint density at radius 3 is 2.62 bits per heavy atom. The smallest absolute Gasteiger partial charge is 0.301 e. The normalized spacial score (nSPS) is 19.0. The van der Waals surface area contributed by atoms with Gasteiger partial charge >= 0.3 is 5.91 Å². The van der Waals surface area contributed by atoms with Gasteiger partial charge in [0.25, 0.3) is 5.78 Å². The summed E-state index contributed by atoms with van der Waals surface area (Å²) in [7, 11) is 0. The summed E-state index contributed by atoms with van der Waals surface area (Å²) in [4.78, 5) is 33.3. The van der Waals surface area contributed by atoms with Crippen LogP contribution in [-0.4, -0.2) is 21.8 Å². The molecule has 37 heavy (non-hydrogen) atoms. The first-order chi connectivity index (χ1) is 17.9. The summed E-state index contributed by atoms with van der Waals surface area (Å²) < 4.78 is 0.967. The molecule has 6 rings (SSSR count). The fourth-order valence-electron chi connectivity index (χ4n) is 5.50. The molecule has 1 unspecified atom stereocenters. The number of Topliss-reactive ketones (excluding diaryl/α,β-unsaturated/α-hetero) is 1. The van der Waals surface area contributed by atoms with Crippen LogP contribution in [0.5, 0.6) is 0 Å². The number of nitrogens with zero attached hydrogens (tertiary/aromatic N) is 2. The van der Waals surface area contributed by atoms with Gasteiger partial charge in [0.2, 0.25) is 0 Å². The van der Waals surface area contributed by atoms with Crippen LogP contribution < -0.4 is 4.90 Å². The first-order valence-electron chi connectivity index (χ1n) is 12.8. The van der Waals surface area contributed by atoms with Gasteiger partial charge in [-0.05, 0) is 79.5 Å². The largest absolute Gasteiger partial charge is 0.507 e. The molecule has 0 saturated carbocycles. The van der Waals surface area contributed by atoms with E-state index < -0.39 is 17.7 Å². The van der Waals surface area contributed by atoms with Crippen LogP contribution in [-0.2, 0) is 28.9 Å². The Bertz CT molecular complexity index is 1600. The number of aliphatic hydroxyl groups is 1. The summed E-state index contributed by atoms with van der Waals surface area (Å²) in [6.07, 6.45) is 5.16. The van der Waals surface area contributed by atoms with Crippen LogP contribution in [0.3, 0.4) is 0 Å².